The molecule has 0 aromatic carbocycles. The van der Waals surface area contributed by atoms with Crippen LogP contribution in [0.3, 0.4) is 0 Å². The van der Waals surface area contributed by atoms with Crippen LogP contribution in [0.1, 0.15) is 92.9 Å². The number of carbonyl (C=O) groups is 2. The normalized spacial score (nSPS) is 38.6. The summed E-state index contributed by atoms with van der Waals surface area (Å²) in [6.07, 6.45) is 8.37. The highest BCUT2D eigenvalue weighted by molar-refractivity contribution is 5.91. The van der Waals surface area contributed by atoms with Crippen LogP contribution in [0.25, 0.3) is 0 Å². The lowest BCUT2D eigenvalue weighted by Crippen LogP contribution is -2.58. The second-order valence-electron chi connectivity index (χ2n) is 11.9. The topological polar surface area (TPSA) is 78.4 Å². The molecule has 2 saturated carbocycles. The van der Waals surface area contributed by atoms with Crippen LogP contribution >= 0.6 is 0 Å². The molecule has 3 aliphatic carbocycles. The Morgan fingerprint density at radius 3 is 2.45 bits per heavy atom. The van der Waals surface area contributed by atoms with Gasteiger partial charge < -0.3 is 10.5 Å². The van der Waals surface area contributed by atoms with Gasteiger partial charge in [-0.15, -0.1) is 0 Å². The van der Waals surface area contributed by atoms with Gasteiger partial charge in [0.25, 0.3) is 0 Å². The molecular weight excluding hydrogens is 364 g/mol. The number of aliphatic hydroxyl groups is 1. The Balaban J connectivity index is 1.70. The summed E-state index contributed by atoms with van der Waals surface area (Å²) in [6, 6.07) is 0. The molecule has 0 heterocycles. The molecule has 4 atom stereocenters. The van der Waals surface area contributed by atoms with E-state index in [0.29, 0.717) is 18.8 Å². The van der Waals surface area contributed by atoms with E-state index in [0.717, 1.165) is 37.8 Å². The van der Waals surface area contributed by atoms with Crippen LogP contribution in [0, 0.1) is 28.1 Å². The Hall–Kier alpha value is -1.36. The smallest absolute Gasteiger partial charge is 0.238 e. The standard InChI is InChI=1S/C24H40N2O3/c1-21(2)14-16(12-17(27)15-21)25-26-20(28)13-19-23(5)10-7-9-22(3,4)18(23)8-11-24(19,6)29/h12,18-19,25,29H,7-11,13-15H2,1-6H3,(H,26,28)/t18-,19-,23-,24-/m1/s1. The number of carbonyl (C=O) groups excluding carboxylic acids is 2. The minimum Gasteiger partial charge on any atom is -0.390 e. The summed E-state index contributed by atoms with van der Waals surface area (Å²) in [5.74, 6) is 0.424. The third-order valence-electron chi connectivity index (χ3n) is 8.17. The van der Waals surface area contributed by atoms with Crippen LogP contribution in [0.4, 0.5) is 0 Å². The van der Waals surface area contributed by atoms with Crippen molar-refractivity contribution in [2.24, 2.45) is 28.1 Å². The maximum absolute atomic E-state index is 12.9. The van der Waals surface area contributed by atoms with Crippen LogP contribution < -0.4 is 10.9 Å². The molecule has 5 heteroatoms. The molecule has 0 bridgehead atoms. The number of fused-ring (bicyclic) bond motifs is 1. The molecule has 0 aromatic heterocycles. The largest absolute Gasteiger partial charge is 0.390 e. The number of amides is 1. The second kappa shape index (κ2) is 7.40. The molecule has 0 saturated heterocycles. The lowest BCUT2D eigenvalue weighted by atomic mass is 9.45. The molecule has 0 radical (unpaired) electrons. The minimum atomic E-state index is -0.835. The average Bonchev–Trinajstić information content (AvgIpc) is 2.53. The van der Waals surface area contributed by atoms with Crippen molar-refractivity contribution in [1.82, 2.24) is 10.9 Å². The summed E-state index contributed by atoms with van der Waals surface area (Å²) in [6.45, 7) is 13.0. The maximum Gasteiger partial charge on any atom is 0.238 e. The number of hydrogen-bond acceptors (Lipinski definition) is 4. The fourth-order valence-corrected chi connectivity index (χ4v) is 6.89. The summed E-state index contributed by atoms with van der Waals surface area (Å²) in [7, 11) is 0. The van der Waals surface area contributed by atoms with Crippen LogP contribution in [0.15, 0.2) is 11.8 Å². The molecule has 0 unspecified atom stereocenters. The van der Waals surface area contributed by atoms with E-state index >= 15 is 0 Å². The Morgan fingerprint density at radius 1 is 1.10 bits per heavy atom. The van der Waals surface area contributed by atoms with Gasteiger partial charge in [0.05, 0.1) is 5.60 Å². The molecular formula is C24H40N2O3. The van der Waals surface area contributed by atoms with E-state index in [4.69, 9.17) is 0 Å². The highest BCUT2D eigenvalue weighted by Crippen LogP contribution is 2.62. The fourth-order valence-electron chi connectivity index (χ4n) is 6.89. The predicted molar refractivity (Wildman–Crippen MR) is 115 cm³/mol. The van der Waals surface area contributed by atoms with E-state index in [1.54, 1.807) is 6.08 Å². The van der Waals surface area contributed by atoms with Gasteiger partial charge in [-0.25, -0.2) is 0 Å². The van der Waals surface area contributed by atoms with Gasteiger partial charge in [-0.1, -0.05) is 41.0 Å². The predicted octanol–water partition coefficient (Wildman–Crippen LogP) is 4.26. The van der Waals surface area contributed by atoms with Gasteiger partial charge in [0.2, 0.25) is 5.91 Å². The molecule has 2 fully saturated rings. The third kappa shape index (κ3) is 4.55. The molecule has 3 N–H and O–H groups in total. The first-order chi connectivity index (χ1) is 13.3. The summed E-state index contributed by atoms with van der Waals surface area (Å²) in [5, 5.41) is 11.2. The monoisotopic (exact) mass is 404 g/mol. The highest BCUT2D eigenvalue weighted by atomic mass is 16.3. The zero-order valence-electron chi connectivity index (χ0n) is 19.2. The average molecular weight is 405 g/mol. The van der Waals surface area contributed by atoms with Crippen molar-refractivity contribution >= 4 is 11.7 Å². The van der Waals surface area contributed by atoms with Crippen molar-refractivity contribution in [2.75, 3.05) is 0 Å². The van der Waals surface area contributed by atoms with E-state index in [-0.39, 0.29) is 33.9 Å². The molecule has 0 spiro atoms. The second-order valence-corrected chi connectivity index (χ2v) is 11.9. The first-order valence-electron chi connectivity index (χ1n) is 11.3. The van der Waals surface area contributed by atoms with Crippen LogP contribution in [-0.2, 0) is 9.59 Å². The van der Waals surface area contributed by atoms with Gasteiger partial charge in [-0.2, -0.15) is 0 Å². The first kappa shape index (κ1) is 22.3. The summed E-state index contributed by atoms with van der Waals surface area (Å²) < 4.78 is 0. The van der Waals surface area contributed by atoms with Crippen LogP contribution in [-0.4, -0.2) is 22.4 Å². The number of hydrazine groups is 1. The number of allylic oxidation sites excluding steroid dienone is 2. The fraction of sp³-hybridized carbons (Fsp3) is 0.833. The van der Waals surface area contributed by atoms with Crippen molar-refractivity contribution in [3.8, 4) is 0 Å². The number of ketones is 1. The number of hydrogen-bond donors (Lipinski definition) is 3. The van der Waals surface area contributed by atoms with Gasteiger partial charge >= 0.3 is 0 Å². The van der Waals surface area contributed by atoms with Gasteiger partial charge in [0, 0.05) is 30.5 Å². The molecule has 29 heavy (non-hydrogen) atoms. The number of rotatable bonds is 4. The van der Waals surface area contributed by atoms with E-state index in [1.165, 1.54) is 6.42 Å². The van der Waals surface area contributed by atoms with E-state index in [1.807, 2.05) is 6.92 Å². The van der Waals surface area contributed by atoms with E-state index in [2.05, 4.69) is 45.5 Å². The van der Waals surface area contributed by atoms with Gasteiger partial charge in [-0.05, 0) is 61.2 Å². The third-order valence-corrected chi connectivity index (χ3v) is 8.17. The Bertz CT molecular complexity index is 707. The summed E-state index contributed by atoms with van der Waals surface area (Å²) in [4.78, 5) is 24.8. The van der Waals surface area contributed by atoms with Crippen molar-refractivity contribution in [3.05, 3.63) is 11.8 Å². The minimum absolute atomic E-state index is 0.0388. The van der Waals surface area contributed by atoms with E-state index < -0.39 is 5.60 Å². The Labute approximate surface area is 176 Å². The molecule has 0 aromatic rings. The SMILES string of the molecule is CC1(C)CC(=O)C=C(NNC(=O)C[C@@H]2[C@]3(C)CCCC(C)(C)[C@H]3CC[C@@]2(C)O)C1. The Kier molecular flexibility index (Phi) is 5.70. The van der Waals surface area contributed by atoms with Gasteiger partial charge in [-0.3, -0.25) is 15.0 Å². The molecule has 0 aliphatic heterocycles. The zero-order valence-corrected chi connectivity index (χ0v) is 19.2. The van der Waals surface area contributed by atoms with E-state index in [9.17, 15) is 14.7 Å². The van der Waals surface area contributed by atoms with Gasteiger partial charge in [0.1, 0.15) is 0 Å². The Morgan fingerprint density at radius 2 is 1.79 bits per heavy atom. The first-order valence-corrected chi connectivity index (χ1v) is 11.3. The molecule has 164 valence electrons. The van der Waals surface area contributed by atoms with Crippen molar-refractivity contribution in [3.63, 3.8) is 0 Å². The van der Waals surface area contributed by atoms with Gasteiger partial charge in [0.15, 0.2) is 5.78 Å². The van der Waals surface area contributed by atoms with Crippen LogP contribution in [0.5, 0.6) is 0 Å². The molecule has 3 rings (SSSR count). The maximum atomic E-state index is 12.9. The summed E-state index contributed by atoms with van der Waals surface area (Å²) in [5.41, 5.74) is 5.83. The quantitative estimate of drug-likeness (QED) is 0.612. The van der Waals surface area contributed by atoms with Crippen molar-refractivity contribution < 1.29 is 14.7 Å². The number of nitrogens with one attached hydrogen (secondary N) is 2. The molecule has 5 nitrogen and oxygen atoms in total. The zero-order chi connectivity index (χ0) is 21.7. The molecule has 3 aliphatic rings. The summed E-state index contributed by atoms with van der Waals surface area (Å²) >= 11 is 0. The molecule has 1 amide bonds. The van der Waals surface area contributed by atoms with Crippen LogP contribution in [0.2, 0.25) is 0 Å². The van der Waals surface area contributed by atoms with Crippen molar-refractivity contribution in [2.45, 2.75) is 98.5 Å². The lowest BCUT2D eigenvalue weighted by molar-refractivity contribution is -0.173. The highest BCUT2D eigenvalue weighted by Gasteiger charge is 2.58. The lowest BCUT2D eigenvalue weighted by Gasteiger charge is -2.61. The van der Waals surface area contributed by atoms with Crippen molar-refractivity contribution in [1.29, 1.82) is 0 Å².